The maximum atomic E-state index is 13.0. The van der Waals surface area contributed by atoms with Crippen molar-refractivity contribution in [1.29, 1.82) is 0 Å². The molecule has 1 heterocycles. The standard InChI is InChI=1S/C17H14F2N2O5/c1-24-16(23)10-3-2-4-12(7-10)21-15(22)9-20-11-5-6-13-14(8-11)26-17(18,19)25-13/h2-8,20H,9H2,1H3,(H,21,22). The van der Waals surface area contributed by atoms with Crippen LogP contribution in [0.25, 0.3) is 0 Å². The number of amides is 1. The second-order valence-corrected chi connectivity index (χ2v) is 5.30. The van der Waals surface area contributed by atoms with Crippen molar-refractivity contribution >= 4 is 23.3 Å². The number of benzene rings is 2. The Bertz CT molecular complexity index is 857. The molecule has 1 amide bonds. The number of hydrogen-bond acceptors (Lipinski definition) is 6. The first-order valence-corrected chi connectivity index (χ1v) is 7.48. The lowest BCUT2D eigenvalue weighted by Gasteiger charge is -2.09. The molecule has 0 radical (unpaired) electrons. The Labute approximate surface area is 146 Å². The van der Waals surface area contributed by atoms with E-state index in [1.807, 2.05) is 0 Å². The van der Waals surface area contributed by atoms with Crippen molar-refractivity contribution in [2.45, 2.75) is 6.29 Å². The first kappa shape index (κ1) is 17.5. The third-order valence-electron chi connectivity index (χ3n) is 3.42. The van der Waals surface area contributed by atoms with E-state index in [2.05, 4.69) is 24.8 Å². The summed E-state index contributed by atoms with van der Waals surface area (Å²) in [5.41, 5.74) is 1.13. The smallest absolute Gasteiger partial charge is 0.465 e. The normalized spacial score (nSPS) is 13.8. The minimum atomic E-state index is -3.69. The summed E-state index contributed by atoms with van der Waals surface area (Å²) < 4.78 is 39.2. The van der Waals surface area contributed by atoms with Crippen molar-refractivity contribution in [1.82, 2.24) is 0 Å². The molecule has 1 aliphatic heterocycles. The molecule has 2 aromatic carbocycles. The van der Waals surface area contributed by atoms with Gasteiger partial charge in [-0.3, -0.25) is 4.79 Å². The largest absolute Gasteiger partial charge is 0.586 e. The molecule has 0 saturated heterocycles. The summed E-state index contributed by atoms with van der Waals surface area (Å²) in [5.74, 6) is -1.11. The number of esters is 1. The van der Waals surface area contributed by atoms with Gasteiger partial charge in [0.2, 0.25) is 5.91 Å². The summed E-state index contributed by atoms with van der Waals surface area (Å²) in [7, 11) is 1.26. The highest BCUT2D eigenvalue weighted by molar-refractivity contribution is 5.96. The fraction of sp³-hybridized carbons (Fsp3) is 0.176. The zero-order valence-electron chi connectivity index (χ0n) is 13.5. The third kappa shape index (κ3) is 4.00. The van der Waals surface area contributed by atoms with E-state index < -0.39 is 18.2 Å². The predicted molar refractivity (Wildman–Crippen MR) is 87.5 cm³/mol. The molecule has 136 valence electrons. The second-order valence-electron chi connectivity index (χ2n) is 5.30. The van der Waals surface area contributed by atoms with Crippen LogP contribution < -0.4 is 20.1 Å². The minimum Gasteiger partial charge on any atom is -0.465 e. The zero-order chi connectivity index (χ0) is 18.7. The lowest BCUT2D eigenvalue weighted by atomic mass is 10.2. The lowest BCUT2D eigenvalue weighted by Crippen LogP contribution is -2.25. The molecule has 3 rings (SSSR count). The van der Waals surface area contributed by atoms with Gasteiger partial charge in [-0.2, -0.15) is 0 Å². The van der Waals surface area contributed by atoms with Gasteiger partial charge in [0.1, 0.15) is 0 Å². The number of alkyl halides is 2. The molecular formula is C17H14F2N2O5. The molecule has 2 N–H and O–H groups in total. The highest BCUT2D eigenvalue weighted by atomic mass is 19.3. The number of fused-ring (bicyclic) bond motifs is 1. The summed E-state index contributed by atoms with van der Waals surface area (Å²) >= 11 is 0. The van der Waals surface area contributed by atoms with Crippen molar-refractivity contribution in [2.75, 3.05) is 24.3 Å². The minimum absolute atomic E-state index is 0.0790. The number of carbonyl (C=O) groups is 2. The Balaban J connectivity index is 1.58. The van der Waals surface area contributed by atoms with Crippen LogP contribution >= 0.6 is 0 Å². The van der Waals surface area contributed by atoms with E-state index in [0.29, 0.717) is 16.9 Å². The van der Waals surface area contributed by atoms with Gasteiger partial charge in [0.05, 0.1) is 19.2 Å². The van der Waals surface area contributed by atoms with Gasteiger partial charge in [0, 0.05) is 17.4 Å². The predicted octanol–water partition coefficient (Wildman–Crippen LogP) is 2.85. The molecule has 9 heteroatoms. The molecule has 0 atom stereocenters. The highest BCUT2D eigenvalue weighted by Gasteiger charge is 2.43. The van der Waals surface area contributed by atoms with Crippen LogP contribution in [0.2, 0.25) is 0 Å². The van der Waals surface area contributed by atoms with E-state index in [1.165, 1.54) is 31.4 Å². The van der Waals surface area contributed by atoms with Gasteiger partial charge in [-0.1, -0.05) is 6.07 Å². The number of nitrogens with one attached hydrogen (secondary N) is 2. The van der Waals surface area contributed by atoms with Crippen LogP contribution in [0, 0.1) is 0 Å². The molecule has 1 aliphatic rings. The second kappa shape index (κ2) is 6.87. The van der Waals surface area contributed by atoms with Gasteiger partial charge >= 0.3 is 12.3 Å². The lowest BCUT2D eigenvalue weighted by molar-refractivity contribution is -0.286. The molecule has 2 aromatic rings. The van der Waals surface area contributed by atoms with Crippen LogP contribution in [0.15, 0.2) is 42.5 Å². The fourth-order valence-corrected chi connectivity index (χ4v) is 2.29. The monoisotopic (exact) mass is 364 g/mol. The summed E-state index contributed by atoms with van der Waals surface area (Å²) in [4.78, 5) is 23.5. The summed E-state index contributed by atoms with van der Waals surface area (Å²) in [5, 5.41) is 5.40. The molecule has 7 nitrogen and oxygen atoms in total. The maximum Gasteiger partial charge on any atom is 0.586 e. The van der Waals surface area contributed by atoms with Gasteiger partial charge in [0.15, 0.2) is 11.5 Å². The Morgan fingerprint density at radius 2 is 1.85 bits per heavy atom. The van der Waals surface area contributed by atoms with E-state index in [-0.39, 0.29) is 18.0 Å². The number of halogens is 2. The quantitative estimate of drug-likeness (QED) is 0.794. The molecule has 26 heavy (non-hydrogen) atoms. The average Bonchev–Trinajstić information content (AvgIpc) is 2.92. The van der Waals surface area contributed by atoms with E-state index in [9.17, 15) is 18.4 Å². The van der Waals surface area contributed by atoms with Crippen LogP contribution in [0.1, 0.15) is 10.4 Å². The van der Waals surface area contributed by atoms with Gasteiger partial charge in [-0.05, 0) is 30.3 Å². The number of anilines is 2. The number of methoxy groups -OCH3 is 1. The maximum absolute atomic E-state index is 13.0. The average molecular weight is 364 g/mol. The van der Waals surface area contributed by atoms with Crippen LogP contribution in [-0.4, -0.2) is 31.8 Å². The topological polar surface area (TPSA) is 85.9 Å². The first-order chi connectivity index (χ1) is 12.4. The van der Waals surface area contributed by atoms with E-state index in [4.69, 9.17) is 0 Å². The molecule has 0 unspecified atom stereocenters. The van der Waals surface area contributed by atoms with Gasteiger partial charge < -0.3 is 24.8 Å². The number of rotatable bonds is 5. The Hall–Kier alpha value is -3.36. The highest BCUT2D eigenvalue weighted by Crippen LogP contribution is 2.42. The van der Waals surface area contributed by atoms with Crippen LogP contribution in [0.3, 0.4) is 0 Å². The SMILES string of the molecule is COC(=O)c1cccc(NC(=O)CNc2ccc3c(c2)OC(F)(F)O3)c1. The fourth-order valence-electron chi connectivity index (χ4n) is 2.29. The van der Waals surface area contributed by atoms with Gasteiger partial charge in [-0.15, -0.1) is 8.78 Å². The van der Waals surface area contributed by atoms with Crippen molar-refractivity contribution < 1.29 is 32.6 Å². The van der Waals surface area contributed by atoms with Crippen LogP contribution in [-0.2, 0) is 9.53 Å². The van der Waals surface area contributed by atoms with Crippen LogP contribution in [0.5, 0.6) is 11.5 Å². The van der Waals surface area contributed by atoms with E-state index >= 15 is 0 Å². The Morgan fingerprint density at radius 3 is 2.62 bits per heavy atom. The molecular weight excluding hydrogens is 350 g/mol. The summed E-state index contributed by atoms with van der Waals surface area (Å²) in [6, 6.07) is 10.4. The molecule has 0 aliphatic carbocycles. The van der Waals surface area contributed by atoms with Crippen molar-refractivity contribution in [3.05, 3.63) is 48.0 Å². The van der Waals surface area contributed by atoms with Gasteiger partial charge in [-0.25, -0.2) is 4.79 Å². The first-order valence-electron chi connectivity index (χ1n) is 7.48. The Kier molecular flexibility index (Phi) is 4.61. The molecule has 0 spiro atoms. The summed E-state index contributed by atoms with van der Waals surface area (Å²) in [6.07, 6.45) is -3.69. The number of carbonyl (C=O) groups excluding carboxylic acids is 2. The number of ether oxygens (including phenoxy) is 3. The van der Waals surface area contributed by atoms with E-state index in [1.54, 1.807) is 18.2 Å². The molecule has 0 bridgehead atoms. The Morgan fingerprint density at radius 1 is 1.08 bits per heavy atom. The number of hydrogen-bond donors (Lipinski definition) is 2. The molecule has 0 fully saturated rings. The van der Waals surface area contributed by atoms with Crippen molar-refractivity contribution in [3.8, 4) is 11.5 Å². The van der Waals surface area contributed by atoms with E-state index in [0.717, 1.165) is 0 Å². The third-order valence-corrected chi connectivity index (χ3v) is 3.42. The summed E-state index contributed by atoms with van der Waals surface area (Å²) in [6.45, 7) is -0.126. The molecule has 0 aromatic heterocycles. The van der Waals surface area contributed by atoms with Crippen LogP contribution in [0.4, 0.5) is 20.2 Å². The van der Waals surface area contributed by atoms with Crippen molar-refractivity contribution in [3.63, 3.8) is 0 Å². The molecule has 0 saturated carbocycles. The van der Waals surface area contributed by atoms with Gasteiger partial charge in [0.25, 0.3) is 0 Å². The van der Waals surface area contributed by atoms with Crippen molar-refractivity contribution in [2.24, 2.45) is 0 Å². The zero-order valence-corrected chi connectivity index (χ0v) is 13.5.